The van der Waals surface area contributed by atoms with Crippen LogP contribution in [0, 0.1) is 0 Å². The number of rotatable bonds is 6. The summed E-state index contributed by atoms with van der Waals surface area (Å²) in [6.45, 7) is 1.76. The maximum atomic E-state index is 12.5. The molecule has 0 atom stereocenters. The third-order valence-electron chi connectivity index (χ3n) is 4.40. The van der Waals surface area contributed by atoms with Crippen molar-refractivity contribution < 1.29 is 9.32 Å². The SMILES string of the molecule is CCc1ccccc1NC(=O)Cn1nc(-c2nc(-c3cccnc3)no2)ccc1=O. The van der Waals surface area contributed by atoms with Crippen LogP contribution in [-0.4, -0.2) is 30.8 Å². The monoisotopic (exact) mass is 402 g/mol. The van der Waals surface area contributed by atoms with Crippen LogP contribution in [0.3, 0.4) is 0 Å². The highest BCUT2D eigenvalue weighted by Crippen LogP contribution is 2.19. The molecule has 9 heteroatoms. The number of hydrogen-bond donors (Lipinski definition) is 1. The van der Waals surface area contributed by atoms with Gasteiger partial charge in [0.25, 0.3) is 11.4 Å². The highest BCUT2D eigenvalue weighted by atomic mass is 16.5. The summed E-state index contributed by atoms with van der Waals surface area (Å²) in [6.07, 6.45) is 4.04. The predicted octanol–water partition coefficient (Wildman–Crippen LogP) is 2.56. The molecule has 30 heavy (non-hydrogen) atoms. The lowest BCUT2D eigenvalue weighted by molar-refractivity contribution is -0.117. The van der Waals surface area contributed by atoms with Gasteiger partial charge in [-0.1, -0.05) is 30.3 Å². The predicted molar refractivity (Wildman–Crippen MR) is 109 cm³/mol. The van der Waals surface area contributed by atoms with Gasteiger partial charge >= 0.3 is 0 Å². The van der Waals surface area contributed by atoms with E-state index >= 15 is 0 Å². The van der Waals surface area contributed by atoms with Gasteiger partial charge in [0.1, 0.15) is 12.2 Å². The van der Waals surface area contributed by atoms with Gasteiger partial charge in [-0.3, -0.25) is 14.6 Å². The van der Waals surface area contributed by atoms with E-state index in [2.05, 4.69) is 25.5 Å². The number of benzene rings is 1. The van der Waals surface area contributed by atoms with Crippen LogP contribution in [0.1, 0.15) is 12.5 Å². The third kappa shape index (κ3) is 4.14. The van der Waals surface area contributed by atoms with Crippen LogP contribution in [-0.2, 0) is 17.8 Å². The number of nitrogens with one attached hydrogen (secondary N) is 1. The zero-order valence-electron chi connectivity index (χ0n) is 16.1. The van der Waals surface area contributed by atoms with Gasteiger partial charge in [-0.2, -0.15) is 10.1 Å². The Morgan fingerprint density at radius 1 is 1.13 bits per heavy atom. The summed E-state index contributed by atoms with van der Waals surface area (Å²) in [4.78, 5) is 33.0. The molecule has 4 rings (SSSR count). The Morgan fingerprint density at radius 2 is 2.00 bits per heavy atom. The van der Waals surface area contributed by atoms with Crippen LogP contribution in [0.15, 0.2) is 70.2 Å². The number of carbonyl (C=O) groups excluding carboxylic acids is 1. The van der Waals surface area contributed by atoms with Gasteiger partial charge in [-0.15, -0.1) is 0 Å². The molecule has 1 amide bonds. The van der Waals surface area contributed by atoms with Crippen molar-refractivity contribution in [2.24, 2.45) is 0 Å². The van der Waals surface area contributed by atoms with Crippen LogP contribution >= 0.6 is 0 Å². The summed E-state index contributed by atoms with van der Waals surface area (Å²) in [5.41, 5.74) is 2.29. The fourth-order valence-corrected chi connectivity index (χ4v) is 2.89. The lowest BCUT2D eigenvalue weighted by Gasteiger charge is -2.10. The Kier molecular flexibility index (Phi) is 5.42. The molecule has 0 unspecified atom stereocenters. The van der Waals surface area contributed by atoms with Crippen molar-refractivity contribution in [2.45, 2.75) is 19.9 Å². The number of pyridine rings is 1. The minimum absolute atomic E-state index is 0.138. The molecule has 0 fully saturated rings. The second-order valence-electron chi connectivity index (χ2n) is 6.44. The second-order valence-corrected chi connectivity index (χ2v) is 6.44. The van der Waals surface area contributed by atoms with E-state index in [1.807, 2.05) is 31.2 Å². The van der Waals surface area contributed by atoms with Crippen LogP contribution in [0.25, 0.3) is 23.0 Å². The molecule has 1 aromatic carbocycles. The zero-order valence-corrected chi connectivity index (χ0v) is 16.1. The number of aryl methyl sites for hydroxylation is 1. The molecule has 0 spiro atoms. The van der Waals surface area contributed by atoms with Crippen LogP contribution in [0.2, 0.25) is 0 Å². The summed E-state index contributed by atoms with van der Waals surface area (Å²) >= 11 is 0. The Labute approximate surface area is 171 Å². The van der Waals surface area contributed by atoms with E-state index in [0.29, 0.717) is 22.8 Å². The molecule has 3 heterocycles. The van der Waals surface area contributed by atoms with Crippen LogP contribution < -0.4 is 10.9 Å². The second kappa shape index (κ2) is 8.48. The Hall–Kier alpha value is -4.14. The first-order valence-corrected chi connectivity index (χ1v) is 9.34. The van der Waals surface area contributed by atoms with Crippen molar-refractivity contribution in [3.8, 4) is 23.0 Å². The van der Waals surface area contributed by atoms with E-state index < -0.39 is 5.56 Å². The van der Waals surface area contributed by atoms with Crippen LogP contribution in [0.5, 0.6) is 0 Å². The smallest absolute Gasteiger partial charge is 0.278 e. The number of carbonyl (C=O) groups is 1. The first kappa shape index (κ1) is 19.2. The van der Waals surface area contributed by atoms with Crippen molar-refractivity contribution in [3.05, 3.63) is 76.8 Å². The maximum absolute atomic E-state index is 12.5. The van der Waals surface area contributed by atoms with E-state index in [4.69, 9.17) is 4.52 Å². The van der Waals surface area contributed by atoms with Gasteiger partial charge < -0.3 is 9.84 Å². The van der Waals surface area contributed by atoms with E-state index in [1.165, 1.54) is 12.1 Å². The minimum Gasteiger partial charge on any atom is -0.332 e. The first-order valence-electron chi connectivity index (χ1n) is 9.34. The summed E-state index contributed by atoms with van der Waals surface area (Å²) in [6, 6.07) is 13.9. The van der Waals surface area contributed by atoms with Crippen molar-refractivity contribution in [1.82, 2.24) is 24.9 Å². The van der Waals surface area contributed by atoms with Crippen molar-refractivity contribution in [3.63, 3.8) is 0 Å². The van der Waals surface area contributed by atoms with Gasteiger partial charge in [0.2, 0.25) is 11.7 Å². The molecule has 0 aliphatic heterocycles. The summed E-state index contributed by atoms with van der Waals surface area (Å²) in [5.74, 6) is 0.134. The zero-order chi connectivity index (χ0) is 20.9. The maximum Gasteiger partial charge on any atom is 0.278 e. The summed E-state index contributed by atoms with van der Waals surface area (Å²) in [5, 5.41) is 10.9. The van der Waals surface area contributed by atoms with Crippen LogP contribution in [0.4, 0.5) is 5.69 Å². The molecule has 0 radical (unpaired) electrons. The van der Waals surface area contributed by atoms with E-state index in [1.54, 1.807) is 24.5 Å². The highest BCUT2D eigenvalue weighted by molar-refractivity contribution is 5.91. The summed E-state index contributed by atoms with van der Waals surface area (Å²) < 4.78 is 6.33. The Bertz CT molecular complexity index is 1230. The number of nitrogens with zero attached hydrogens (tertiary/aromatic N) is 5. The van der Waals surface area contributed by atoms with Crippen molar-refractivity contribution >= 4 is 11.6 Å². The number of amides is 1. The lowest BCUT2D eigenvalue weighted by Crippen LogP contribution is -2.29. The molecular formula is C21H18N6O3. The van der Waals surface area contributed by atoms with Gasteiger partial charge in [-0.25, -0.2) is 4.68 Å². The fourth-order valence-electron chi connectivity index (χ4n) is 2.89. The Balaban J connectivity index is 1.55. The van der Waals surface area contributed by atoms with E-state index in [-0.39, 0.29) is 18.3 Å². The summed E-state index contributed by atoms with van der Waals surface area (Å²) in [7, 11) is 0. The molecular weight excluding hydrogens is 384 g/mol. The fraction of sp³-hybridized carbons (Fsp3) is 0.143. The number of para-hydroxylation sites is 1. The third-order valence-corrected chi connectivity index (χ3v) is 4.40. The molecule has 3 aromatic heterocycles. The van der Waals surface area contributed by atoms with Crippen molar-refractivity contribution in [2.75, 3.05) is 5.32 Å². The molecule has 4 aromatic rings. The number of anilines is 1. The first-order chi connectivity index (χ1) is 14.6. The lowest BCUT2D eigenvalue weighted by atomic mass is 10.1. The highest BCUT2D eigenvalue weighted by Gasteiger charge is 2.15. The normalized spacial score (nSPS) is 10.7. The topological polar surface area (TPSA) is 116 Å². The molecule has 0 saturated heterocycles. The van der Waals surface area contributed by atoms with E-state index in [9.17, 15) is 9.59 Å². The van der Waals surface area contributed by atoms with Crippen molar-refractivity contribution in [1.29, 1.82) is 0 Å². The quantitative estimate of drug-likeness (QED) is 0.527. The minimum atomic E-state index is -0.412. The van der Waals surface area contributed by atoms with Gasteiger partial charge in [0, 0.05) is 29.7 Å². The largest absolute Gasteiger partial charge is 0.332 e. The molecule has 9 nitrogen and oxygen atoms in total. The molecule has 1 N–H and O–H groups in total. The number of hydrogen-bond acceptors (Lipinski definition) is 7. The average Bonchev–Trinajstić information content (AvgIpc) is 3.26. The molecule has 150 valence electrons. The van der Waals surface area contributed by atoms with E-state index in [0.717, 1.165) is 16.7 Å². The average molecular weight is 402 g/mol. The molecule has 0 bridgehead atoms. The standard InChI is InChI=1S/C21H18N6O3/c1-2-14-6-3-4-8-16(14)23-18(28)13-27-19(29)10-9-17(25-27)21-24-20(26-30-21)15-7-5-11-22-12-15/h3-12H,2,13H2,1H3,(H,23,28). The van der Waals surface area contributed by atoms with Gasteiger partial charge in [-0.05, 0) is 36.2 Å². The van der Waals surface area contributed by atoms with Gasteiger partial charge in [0.05, 0.1) is 0 Å². The van der Waals surface area contributed by atoms with Gasteiger partial charge in [0.15, 0.2) is 0 Å². The number of aromatic nitrogens is 5. The molecule has 0 aliphatic carbocycles. The molecule has 0 aliphatic rings. The Morgan fingerprint density at radius 3 is 2.80 bits per heavy atom. The molecule has 0 saturated carbocycles.